The van der Waals surface area contributed by atoms with Crippen LogP contribution in [0.3, 0.4) is 0 Å². The van der Waals surface area contributed by atoms with Crippen LogP contribution in [0.25, 0.3) is 11.0 Å². The molecule has 3 aromatic rings. The molecular weight excluding hydrogens is 452 g/mol. The van der Waals surface area contributed by atoms with Gasteiger partial charge >= 0.3 is 5.97 Å². The second-order valence-corrected chi connectivity index (χ2v) is 9.10. The number of carbonyl (C=O) groups excluding carboxylic acids is 1. The Kier molecular flexibility index (Phi) is 9.27. The Hall–Kier alpha value is -3.13. The van der Waals surface area contributed by atoms with Crippen LogP contribution in [0.4, 0.5) is 5.69 Å². The van der Waals surface area contributed by atoms with E-state index in [0.29, 0.717) is 5.56 Å². The molecule has 8 heteroatoms. The van der Waals surface area contributed by atoms with Crippen molar-refractivity contribution in [1.29, 1.82) is 0 Å². The number of carbonyl (C=O) groups is 2. The minimum atomic E-state index is -0.946. The number of furan rings is 1. The van der Waals surface area contributed by atoms with E-state index in [2.05, 4.69) is 23.8 Å². The van der Waals surface area contributed by atoms with Crippen LogP contribution in [0.2, 0.25) is 0 Å². The van der Waals surface area contributed by atoms with Gasteiger partial charge in [-0.3, -0.25) is 9.59 Å². The average Bonchev–Trinajstić information content (AvgIpc) is 3.16. The van der Waals surface area contributed by atoms with Gasteiger partial charge in [0.25, 0.3) is 5.91 Å². The lowest BCUT2D eigenvalue weighted by Gasteiger charge is -2.19. The monoisotopic (exact) mass is 484 g/mol. The Bertz CT molecular complexity index is 1130. The van der Waals surface area contributed by atoms with E-state index in [-0.39, 0.29) is 24.9 Å². The molecule has 0 saturated carbocycles. The fourth-order valence-electron chi connectivity index (χ4n) is 3.88. The van der Waals surface area contributed by atoms with E-state index >= 15 is 0 Å². The van der Waals surface area contributed by atoms with Crippen LogP contribution in [0.5, 0.6) is 5.75 Å². The van der Waals surface area contributed by atoms with E-state index in [0.717, 1.165) is 58.7 Å². The maximum atomic E-state index is 12.4. The molecule has 0 saturated heterocycles. The highest BCUT2D eigenvalue weighted by Crippen LogP contribution is 2.35. The van der Waals surface area contributed by atoms with Crippen molar-refractivity contribution >= 4 is 40.3 Å². The quantitative estimate of drug-likeness (QED) is 0.270. The van der Waals surface area contributed by atoms with Crippen molar-refractivity contribution in [3.05, 3.63) is 59.4 Å². The summed E-state index contributed by atoms with van der Waals surface area (Å²) in [4.78, 5) is 23.1. The van der Waals surface area contributed by atoms with Crippen LogP contribution in [-0.2, 0) is 4.79 Å². The number of anilines is 1. The number of carboxylic acids is 1. The number of benzene rings is 2. The van der Waals surface area contributed by atoms with Gasteiger partial charge in [-0.05, 0) is 68.2 Å². The first-order valence-corrected chi connectivity index (χ1v) is 12.7. The SMILES string of the molecule is COc1ccc2oc(C(CCCCSC)Nc3cccc(C(=O)NCCC(=O)O)c3)c(C)c2c1. The van der Waals surface area contributed by atoms with Crippen molar-refractivity contribution in [2.24, 2.45) is 0 Å². The number of ether oxygens (including phenoxy) is 1. The first-order chi connectivity index (χ1) is 16.4. The molecule has 0 aliphatic heterocycles. The molecule has 1 aromatic heterocycles. The summed E-state index contributed by atoms with van der Waals surface area (Å²) in [6.45, 7) is 2.15. The van der Waals surface area contributed by atoms with E-state index < -0.39 is 5.97 Å². The molecule has 3 rings (SSSR count). The summed E-state index contributed by atoms with van der Waals surface area (Å²) in [6.07, 6.45) is 5.02. The molecule has 1 amide bonds. The van der Waals surface area contributed by atoms with Crippen LogP contribution < -0.4 is 15.4 Å². The highest BCUT2D eigenvalue weighted by molar-refractivity contribution is 7.98. The minimum Gasteiger partial charge on any atom is -0.497 e. The van der Waals surface area contributed by atoms with E-state index in [1.807, 2.05) is 42.1 Å². The van der Waals surface area contributed by atoms with E-state index in [9.17, 15) is 9.59 Å². The molecule has 0 bridgehead atoms. The van der Waals surface area contributed by atoms with Crippen molar-refractivity contribution < 1.29 is 23.8 Å². The first kappa shape index (κ1) is 25.5. The first-order valence-electron chi connectivity index (χ1n) is 11.4. The van der Waals surface area contributed by atoms with E-state index in [4.69, 9.17) is 14.3 Å². The molecule has 34 heavy (non-hydrogen) atoms. The molecule has 0 aliphatic rings. The molecule has 182 valence electrons. The van der Waals surface area contributed by atoms with Gasteiger partial charge < -0.3 is 24.9 Å². The van der Waals surface area contributed by atoms with Gasteiger partial charge in [-0.2, -0.15) is 11.8 Å². The van der Waals surface area contributed by atoms with Crippen molar-refractivity contribution in [3.8, 4) is 5.75 Å². The second-order valence-electron chi connectivity index (χ2n) is 8.12. The fourth-order valence-corrected chi connectivity index (χ4v) is 4.37. The standard InChI is InChI=1S/C26H32N2O5S/c1-17-21-16-20(32-2)10-11-23(21)33-25(17)22(9-4-5-14-34-3)28-19-8-6-7-18(15-19)26(31)27-13-12-24(29)30/h6-8,10-11,15-16,22,28H,4-5,9,12-14H2,1-3H3,(H,27,31)(H,29,30). The van der Waals surface area contributed by atoms with Gasteiger partial charge in [-0.15, -0.1) is 0 Å². The van der Waals surface area contributed by atoms with Crippen molar-refractivity contribution in [1.82, 2.24) is 5.32 Å². The normalized spacial score (nSPS) is 11.9. The summed E-state index contributed by atoms with van der Waals surface area (Å²) in [6, 6.07) is 13.0. The number of fused-ring (bicyclic) bond motifs is 1. The number of hydrogen-bond acceptors (Lipinski definition) is 6. The zero-order valence-corrected chi connectivity index (χ0v) is 20.7. The third-order valence-electron chi connectivity index (χ3n) is 5.68. The van der Waals surface area contributed by atoms with Gasteiger partial charge in [-0.1, -0.05) is 12.5 Å². The Morgan fingerprint density at radius 1 is 1.18 bits per heavy atom. The predicted molar refractivity (Wildman–Crippen MR) is 137 cm³/mol. The maximum absolute atomic E-state index is 12.4. The molecule has 7 nitrogen and oxygen atoms in total. The minimum absolute atomic E-state index is 0.0643. The fraction of sp³-hybridized carbons (Fsp3) is 0.385. The largest absolute Gasteiger partial charge is 0.497 e. The van der Waals surface area contributed by atoms with Crippen LogP contribution in [0, 0.1) is 6.92 Å². The number of amides is 1. The summed E-state index contributed by atoms with van der Waals surface area (Å²) in [5.74, 6) is 1.53. The van der Waals surface area contributed by atoms with E-state index in [1.165, 1.54) is 0 Å². The van der Waals surface area contributed by atoms with Gasteiger partial charge in [0, 0.05) is 28.7 Å². The van der Waals surface area contributed by atoms with Gasteiger partial charge in [-0.25, -0.2) is 0 Å². The third-order valence-corrected chi connectivity index (χ3v) is 6.38. The summed E-state index contributed by atoms with van der Waals surface area (Å²) in [5, 5.41) is 16.0. The Morgan fingerprint density at radius 3 is 2.74 bits per heavy atom. The number of nitrogens with one attached hydrogen (secondary N) is 2. The molecule has 1 heterocycles. The van der Waals surface area contributed by atoms with Crippen LogP contribution in [0.1, 0.15) is 53.4 Å². The molecule has 0 fully saturated rings. The maximum Gasteiger partial charge on any atom is 0.305 e. The molecular formula is C26H32N2O5S. The zero-order valence-electron chi connectivity index (χ0n) is 19.8. The second kappa shape index (κ2) is 12.4. The van der Waals surface area contributed by atoms with Crippen LogP contribution in [-0.4, -0.2) is 42.6 Å². The summed E-state index contributed by atoms with van der Waals surface area (Å²) in [7, 11) is 1.65. The van der Waals surface area contributed by atoms with Gasteiger partial charge in [0.1, 0.15) is 17.1 Å². The van der Waals surface area contributed by atoms with Gasteiger partial charge in [0.05, 0.1) is 19.6 Å². The number of aryl methyl sites for hydroxylation is 1. The third kappa shape index (κ3) is 6.70. The lowest BCUT2D eigenvalue weighted by Crippen LogP contribution is -2.26. The topological polar surface area (TPSA) is 101 Å². The number of hydrogen-bond donors (Lipinski definition) is 3. The number of aliphatic carboxylic acids is 1. The highest BCUT2D eigenvalue weighted by atomic mass is 32.2. The van der Waals surface area contributed by atoms with Gasteiger partial charge in [0.2, 0.25) is 0 Å². The van der Waals surface area contributed by atoms with Crippen LogP contribution >= 0.6 is 11.8 Å². The highest BCUT2D eigenvalue weighted by Gasteiger charge is 2.21. The number of thioether (sulfide) groups is 1. The van der Waals surface area contributed by atoms with Crippen molar-refractivity contribution in [2.45, 2.75) is 38.6 Å². The Labute approximate surface area is 204 Å². The molecule has 1 atom stereocenters. The Balaban J connectivity index is 1.83. The number of carboxylic acid groups (broad SMARTS) is 1. The lowest BCUT2D eigenvalue weighted by atomic mass is 10.0. The summed E-state index contributed by atoms with van der Waals surface area (Å²) in [5.41, 5.74) is 3.16. The molecule has 0 aliphatic carbocycles. The summed E-state index contributed by atoms with van der Waals surface area (Å²) < 4.78 is 11.7. The van der Waals surface area contributed by atoms with E-state index in [1.54, 1.807) is 19.2 Å². The summed E-state index contributed by atoms with van der Waals surface area (Å²) >= 11 is 1.84. The number of methoxy groups -OCH3 is 1. The lowest BCUT2D eigenvalue weighted by molar-refractivity contribution is -0.136. The number of rotatable bonds is 13. The molecule has 0 radical (unpaired) electrons. The predicted octanol–water partition coefficient (Wildman–Crippen LogP) is 5.64. The molecule has 2 aromatic carbocycles. The van der Waals surface area contributed by atoms with Crippen molar-refractivity contribution in [3.63, 3.8) is 0 Å². The van der Waals surface area contributed by atoms with Crippen molar-refractivity contribution in [2.75, 3.05) is 31.0 Å². The molecule has 1 unspecified atom stereocenters. The smallest absolute Gasteiger partial charge is 0.305 e. The molecule has 3 N–H and O–H groups in total. The number of unbranched alkanes of at least 4 members (excludes halogenated alkanes) is 1. The Morgan fingerprint density at radius 2 is 2.00 bits per heavy atom. The molecule has 0 spiro atoms. The average molecular weight is 485 g/mol. The van der Waals surface area contributed by atoms with Crippen LogP contribution in [0.15, 0.2) is 46.9 Å². The van der Waals surface area contributed by atoms with Gasteiger partial charge in [0.15, 0.2) is 0 Å². The zero-order chi connectivity index (χ0) is 24.5.